The first-order valence-corrected chi connectivity index (χ1v) is 34.6. The van der Waals surface area contributed by atoms with E-state index in [4.69, 9.17) is 21.4 Å². The van der Waals surface area contributed by atoms with E-state index < -0.39 is 11.6 Å². The van der Waals surface area contributed by atoms with E-state index in [0.717, 1.165) is 94.1 Å². The summed E-state index contributed by atoms with van der Waals surface area (Å²) < 4.78 is 5.65. The maximum absolute atomic E-state index is 11.3. The van der Waals surface area contributed by atoms with E-state index >= 15 is 0 Å². The van der Waals surface area contributed by atoms with E-state index in [1.807, 2.05) is 252 Å². The molecule has 3 N–H and O–H groups in total. The molecule has 11 rings (SSSR count). The number of ether oxygens (including phenoxy) is 1. The lowest BCUT2D eigenvalue weighted by molar-refractivity contribution is -0.152. The van der Waals surface area contributed by atoms with Gasteiger partial charge < -0.3 is 20.1 Å². The number of hydrogen-bond acceptors (Lipinski definition) is 14. The molecule has 95 heavy (non-hydrogen) atoms. The molecule has 7 aromatic carbocycles. The summed E-state index contributed by atoms with van der Waals surface area (Å²) in [5, 5.41) is 27.8. The molecule has 0 bridgehead atoms. The van der Waals surface area contributed by atoms with Crippen molar-refractivity contribution in [2.24, 2.45) is 0 Å². The molecule has 0 aliphatic carbocycles. The molecule has 0 aliphatic heterocycles. The predicted molar refractivity (Wildman–Crippen MR) is 402 cm³/mol. The molecule has 0 spiro atoms. The fourth-order valence-corrected chi connectivity index (χ4v) is 10.2. The second-order valence-corrected chi connectivity index (χ2v) is 23.0. The van der Waals surface area contributed by atoms with Crippen molar-refractivity contribution in [3.63, 3.8) is 0 Å². The summed E-state index contributed by atoms with van der Waals surface area (Å²) in [5.41, 5.74) is 12.0. The highest BCUT2D eigenvalue weighted by Crippen LogP contribution is 2.31. The van der Waals surface area contributed by atoms with Gasteiger partial charge in [0.25, 0.3) is 0 Å². The molecule has 0 atom stereocenters. The lowest BCUT2D eigenvalue weighted by Gasteiger charge is -2.23. The van der Waals surface area contributed by atoms with Gasteiger partial charge in [0.2, 0.25) is 0 Å². The van der Waals surface area contributed by atoms with Gasteiger partial charge in [-0.15, -0.1) is 47.8 Å². The number of alkyl halides is 1. The number of aliphatic carboxylic acids is 1. The third-order valence-corrected chi connectivity index (χ3v) is 15.7. The lowest BCUT2D eigenvalue weighted by Crippen LogP contribution is -2.38. The van der Waals surface area contributed by atoms with Crippen molar-refractivity contribution in [2.45, 2.75) is 142 Å². The molecule has 11 aromatic rings. The van der Waals surface area contributed by atoms with Crippen LogP contribution in [0.1, 0.15) is 114 Å². The molecule has 0 saturated carbocycles. The molecule has 4 aromatic heterocycles. The Hall–Kier alpha value is -8.86. The number of carbonyl (C=O) groups is 1. The maximum atomic E-state index is 11.3. The summed E-state index contributed by atoms with van der Waals surface area (Å²) in [6.45, 7) is 29.0. The number of nitrogens with zero attached hydrogens (tertiary/aromatic N) is 7. The summed E-state index contributed by atoms with van der Waals surface area (Å²) in [6.07, 6.45) is 7.17. The van der Waals surface area contributed by atoms with Crippen LogP contribution in [0.2, 0.25) is 0 Å². The van der Waals surface area contributed by atoms with Gasteiger partial charge in [-0.3, -0.25) is 4.98 Å². The van der Waals surface area contributed by atoms with Crippen LogP contribution in [0.25, 0.3) is 45.4 Å². The number of thioether (sulfide) groups is 2. The predicted octanol–water partition coefficient (Wildman–Crippen LogP) is 21.8. The van der Waals surface area contributed by atoms with Crippen molar-refractivity contribution in [2.75, 3.05) is 0 Å². The van der Waals surface area contributed by atoms with Crippen LogP contribution in [-0.4, -0.2) is 61.8 Å². The van der Waals surface area contributed by atoms with Gasteiger partial charge in [-0.2, -0.15) is 0 Å². The molecule has 0 fully saturated rings. The van der Waals surface area contributed by atoms with Crippen molar-refractivity contribution in [1.29, 1.82) is 0 Å². The highest BCUT2D eigenvalue weighted by Gasteiger charge is 2.30. The van der Waals surface area contributed by atoms with Gasteiger partial charge in [-0.1, -0.05) is 177 Å². The number of phenols is 2. The quantitative estimate of drug-likeness (QED) is 0.0459. The number of aromatic nitrogens is 7. The molecule has 12 nitrogen and oxygen atoms in total. The van der Waals surface area contributed by atoms with Crippen LogP contribution in [0.4, 0.5) is 0 Å². The molecule has 0 aliphatic rings. The lowest BCUT2D eigenvalue weighted by atomic mass is 10.0. The van der Waals surface area contributed by atoms with Gasteiger partial charge >= 0.3 is 5.97 Å². The van der Waals surface area contributed by atoms with Crippen molar-refractivity contribution < 1.29 is 24.9 Å². The van der Waals surface area contributed by atoms with E-state index in [-0.39, 0.29) is 0 Å². The highest BCUT2D eigenvalue weighted by atomic mass is 35.5. The number of thiol groups is 1. The van der Waals surface area contributed by atoms with Crippen LogP contribution < -0.4 is 4.74 Å². The molecule has 0 saturated heterocycles. The van der Waals surface area contributed by atoms with Crippen LogP contribution in [0, 0.1) is 34.6 Å². The Kier molecular flexibility index (Phi) is 37.8. The van der Waals surface area contributed by atoms with E-state index in [9.17, 15) is 15.0 Å². The minimum absolute atomic E-state index is 0.327. The fourth-order valence-electron chi connectivity index (χ4n) is 7.94. The van der Waals surface area contributed by atoms with Gasteiger partial charge in [0.1, 0.15) is 17.2 Å². The number of phenolic OH excluding ortho intramolecular Hbond substituents is 2. The van der Waals surface area contributed by atoms with Gasteiger partial charge in [0.05, 0.1) is 28.7 Å². The fraction of sp³-hybridized carbons (Fsp3) is 0.241. The zero-order chi connectivity index (χ0) is 70.1. The normalized spacial score (nSPS) is 9.91. The topological polar surface area (TPSA) is 177 Å². The minimum atomic E-state index is -1.27. The highest BCUT2D eigenvalue weighted by molar-refractivity contribution is 7.98. The molecule has 4 heterocycles. The first-order valence-electron chi connectivity index (χ1n) is 31.7. The second-order valence-electron chi connectivity index (χ2n) is 20.2. The Morgan fingerprint density at radius 1 is 0.453 bits per heavy atom. The minimum Gasteiger partial charge on any atom is -0.508 e. The summed E-state index contributed by atoms with van der Waals surface area (Å²) in [6, 6.07) is 64.3. The molecule has 0 radical (unpaired) electrons. The van der Waals surface area contributed by atoms with E-state index in [1.54, 1.807) is 60.3 Å². The number of aryl methyl sites for hydroxylation is 4. The number of pyridine rings is 1. The Morgan fingerprint density at radius 2 is 0.821 bits per heavy atom. The van der Waals surface area contributed by atoms with Gasteiger partial charge in [0, 0.05) is 73.2 Å². The van der Waals surface area contributed by atoms with E-state index in [1.165, 1.54) is 30.5 Å². The van der Waals surface area contributed by atoms with E-state index in [0.29, 0.717) is 28.9 Å². The number of halogens is 1. The van der Waals surface area contributed by atoms with Crippen LogP contribution in [0.15, 0.2) is 240 Å². The van der Waals surface area contributed by atoms with Gasteiger partial charge in [0.15, 0.2) is 23.1 Å². The number of hydrogen-bond donors (Lipinski definition) is 4. The van der Waals surface area contributed by atoms with Crippen LogP contribution in [-0.2, 0) is 22.2 Å². The van der Waals surface area contributed by atoms with Crippen molar-refractivity contribution in [3.8, 4) is 62.7 Å². The van der Waals surface area contributed by atoms with Crippen molar-refractivity contribution in [1.82, 2.24) is 34.9 Å². The summed E-state index contributed by atoms with van der Waals surface area (Å²) >= 11 is 13.1. The van der Waals surface area contributed by atoms with Crippen LogP contribution in [0.3, 0.4) is 0 Å². The Labute approximate surface area is 583 Å². The zero-order valence-corrected chi connectivity index (χ0v) is 60.7. The Morgan fingerprint density at radius 3 is 1.21 bits per heavy atom. The van der Waals surface area contributed by atoms with Crippen LogP contribution in [0.5, 0.6) is 17.2 Å². The van der Waals surface area contributed by atoms with E-state index in [2.05, 4.69) is 73.5 Å². The third kappa shape index (κ3) is 27.9. The third-order valence-electron chi connectivity index (χ3n) is 13.0. The number of rotatable bonds is 14. The summed E-state index contributed by atoms with van der Waals surface area (Å²) in [5.74, 6) is 4.33. The molecule has 498 valence electrons. The number of aromatic hydroxyl groups is 2. The Balaban J connectivity index is 0.000000314. The molecular formula is C79H92ClN7O5S3. The molecule has 16 heteroatoms. The van der Waals surface area contributed by atoms with Crippen LogP contribution >= 0.6 is 47.8 Å². The summed E-state index contributed by atoms with van der Waals surface area (Å²) in [4.78, 5) is 45.2. The zero-order valence-electron chi connectivity index (χ0n) is 57.4. The molecule has 0 unspecified atom stereocenters. The monoisotopic (exact) mass is 1350 g/mol. The van der Waals surface area contributed by atoms with Gasteiger partial charge in [-0.05, 0) is 155 Å². The average molecular weight is 1350 g/mol. The molecular weight excluding hydrogens is 1260 g/mol. The largest absolute Gasteiger partial charge is 0.508 e. The number of carboxylic acid groups (broad SMARTS) is 1. The molecule has 0 amide bonds. The average Bonchev–Trinajstić information content (AvgIpc) is 0.947. The number of benzene rings is 7. The van der Waals surface area contributed by atoms with Crippen molar-refractivity contribution >= 4 is 53.7 Å². The number of carboxylic acids is 1. The van der Waals surface area contributed by atoms with Gasteiger partial charge in [-0.25, -0.2) is 34.7 Å². The second kappa shape index (κ2) is 44.7. The SMILES string of the molecule is CC.CC.CC.CC.Cc1cc(S)ccc1O.Cc1cc(SCc2ccnc(-c3ccccc3)n2)ccc1O.Cc1cc(SCc2ccnc(-c3ccccc3)n2)ccc1OC(C)(C)C(=O)O.Cc1ccnc(-c2ccccc2)c1C.ClCc1ccnc(-c2ccccc2)n1. The first-order chi connectivity index (χ1) is 46.0. The summed E-state index contributed by atoms with van der Waals surface area (Å²) in [7, 11) is 0. The van der Waals surface area contributed by atoms with Crippen molar-refractivity contribution in [3.05, 3.63) is 270 Å². The Bertz CT molecular complexity index is 3970. The maximum Gasteiger partial charge on any atom is 0.347 e. The first kappa shape index (κ1) is 80.4. The smallest absolute Gasteiger partial charge is 0.347 e. The standard InChI is InChI=1S/C22H22N2O3S.C18H16N2OS.C13H13N.C11H9ClN2.C7H8OS.4C2H6/c1-15-13-18(9-10-19(15)27-22(2,3)21(25)26)28-14-17-11-12-23-20(24-17)16-7-5-4-6-8-16;1-13-11-16(7-8-17(13)21)22-12-15-9-10-19-18(20-15)14-5-3-2-4-6-14;1-10-8-9-14-13(11(10)2)12-6-4-3-5-7-12;12-8-10-6-7-13-11(14-10)9-4-2-1-3-5-9;1-5-4-6(9)2-3-7(5)8;4*1-2/h4-13H,14H2,1-3H3,(H,25,26);2-11,21H,12H2,1H3;3-9H,1-2H3;1-7H,8H2;2-4,8-9H,1H3;4*1-2H3.